The molecule has 0 atom stereocenters. The summed E-state index contributed by atoms with van der Waals surface area (Å²) in [4.78, 5) is 35.4. The number of anilines is 1. The molecule has 2 N–H and O–H groups in total. The van der Waals surface area contributed by atoms with Gasteiger partial charge in [-0.1, -0.05) is 18.2 Å². The lowest BCUT2D eigenvalue weighted by Gasteiger charge is -2.09. The van der Waals surface area contributed by atoms with Crippen LogP contribution in [-0.2, 0) is 0 Å². The third kappa shape index (κ3) is 2.89. The van der Waals surface area contributed by atoms with Crippen molar-refractivity contribution in [3.05, 3.63) is 75.6 Å². The van der Waals surface area contributed by atoms with Crippen molar-refractivity contribution in [3.8, 4) is 0 Å². The summed E-state index contributed by atoms with van der Waals surface area (Å²) in [5, 5.41) is 12.0. The van der Waals surface area contributed by atoms with Crippen LogP contribution in [-0.4, -0.2) is 17.0 Å². The number of aryl methyl sites for hydroxylation is 1. The van der Waals surface area contributed by atoms with E-state index < -0.39 is 11.9 Å². The van der Waals surface area contributed by atoms with Crippen LogP contribution in [0.4, 0.5) is 5.69 Å². The van der Waals surface area contributed by atoms with E-state index in [-0.39, 0.29) is 16.8 Å². The lowest BCUT2D eigenvalue weighted by molar-refractivity contribution is 0.0696. The van der Waals surface area contributed by atoms with Crippen molar-refractivity contribution < 1.29 is 19.1 Å². The van der Waals surface area contributed by atoms with Crippen LogP contribution in [0.1, 0.15) is 26.5 Å². The lowest BCUT2D eigenvalue weighted by atomic mass is 10.1. The Kier molecular flexibility index (Phi) is 3.87. The van der Waals surface area contributed by atoms with Crippen molar-refractivity contribution in [2.45, 2.75) is 6.92 Å². The number of nitrogens with one attached hydrogen (secondary N) is 1. The maximum atomic E-state index is 12.4. The second kappa shape index (κ2) is 6.00. The number of aromatic carboxylic acids is 1. The van der Waals surface area contributed by atoms with Crippen LogP contribution in [0.2, 0.25) is 0 Å². The van der Waals surface area contributed by atoms with E-state index in [1.165, 1.54) is 12.1 Å². The number of fused-ring (bicyclic) bond motifs is 1. The highest BCUT2D eigenvalue weighted by Crippen LogP contribution is 2.19. The fraction of sp³-hybridized carbons (Fsp3) is 0.0556. The minimum atomic E-state index is -1.09. The zero-order valence-electron chi connectivity index (χ0n) is 12.7. The minimum absolute atomic E-state index is 0.0517. The van der Waals surface area contributed by atoms with Crippen molar-refractivity contribution in [1.82, 2.24) is 0 Å². The number of hydrogen-bond acceptors (Lipinski definition) is 4. The molecule has 0 saturated heterocycles. The number of hydrogen-bond donors (Lipinski definition) is 2. The molecule has 0 unspecified atom stereocenters. The standard InChI is InChI=1S/C18H13NO5/c1-10-6-7-11(18(22)23)8-13(10)19-17(21)16-9-14(20)12-4-2-3-5-15(12)24-16/h2-9H,1H3,(H,19,21)(H,22,23). The molecule has 0 bridgehead atoms. The number of amides is 1. The molecule has 24 heavy (non-hydrogen) atoms. The predicted molar refractivity (Wildman–Crippen MR) is 88.6 cm³/mol. The molecule has 3 aromatic rings. The van der Waals surface area contributed by atoms with Gasteiger partial charge in [-0.3, -0.25) is 9.59 Å². The fourth-order valence-electron chi connectivity index (χ4n) is 2.29. The van der Waals surface area contributed by atoms with E-state index in [1.54, 1.807) is 37.3 Å². The first-order valence-electron chi connectivity index (χ1n) is 7.14. The van der Waals surface area contributed by atoms with Gasteiger partial charge in [0, 0.05) is 11.8 Å². The zero-order valence-corrected chi connectivity index (χ0v) is 12.7. The van der Waals surface area contributed by atoms with Gasteiger partial charge in [-0.05, 0) is 36.8 Å². The molecule has 0 aliphatic carbocycles. The summed E-state index contributed by atoms with van der Waals surface area (Å²) >= 11 is 0. The highest BCUT2D eigenvalue weighted by Gasteiger charge is 2.14. The number of para-hydroxylation sites is 1. The van der Waals surface area contributed by atoms with Crippen molar-refractivity contribution in [3.63, 3.8) is 0 Å². The van der Waals surface area contributed by atoms with Gasteiger partial charge in [-0.25, -0.2) is 4.79 Å². The van der Waals surface area contributed by atoms with Crippen molar-refractivity contribution in [2.75, 3.05) is 5.32 Å². The molecular formula is C18H13NO5. The molecule has 2 aromatic carbocycles. The summed E-state index contributed by atoms with van der Waals surface area (Å²) in [6.45, 7) is 1.73. The van der Waals surface area contributed by atoms with Gasteiger partial charge in [-0.2, -0.15) is 0 Å². The van der Waals surface area contributed by atoms with E-state index in [0.29, 0.717) is 22.2 Å². The van der Waals surface area contributed by atoms with Gasteiger partial charge in [-0.15, -0.1) is 0 Å². The summed E-state index contributed by atoms with van der Waals surface area (Å²) in [5.41, 5.74) is 1.08. The lowest BCUT2D eigenvalue weighted by Crippen LogP contribution is -2.16. The Hall–Kier alpha value is -3.41. The summed E-state index contributed by atoms with van der Waals surface area (Å²) in [6, 6.07) is 12.1. The van der Waals surface area contributed by atoms with E-state index in [0.717, 1.165) is 6.07 Å². The van der Waals surface area contributed by atoms with E-state index in [4.69, 9.17) is 9.52 Å². The smallest absolute Gasteiger partial charge is 0.335 e. The molecular weight excluding hydrogens is 310 g/mol. The first kappa shape index (κ1) is 15.5. The summed E-state index contributed by atoms with van der Waals surface area (Å²) in [7, 11) is 0. The Morgan fingerprint density at radius 1 is 1.08 bits per heavy atom. The Balaban J connectivity index is 1.97. The monoisotopic (exact) mass is 323 g/mol. The van der Waals surface area contributed by atoms with Crippen molar-refractivity contribution in [1.29, 1.82) is 0 Å². The number of carbonyl (C=O) groups is 2. The molecule has 0 radical (unpaired) electrons. The van der Waals surface area contributed by atoms with Crippen molar-refractivity contribution in [2.24, 2.45) is 0 Å². The fourth-order valence-corrected chi connectivity index (χ4v) is 2.29. The molecule has 0 spiro atoms. The largest absolute Gasteiger partial charge is 0.478 e. The highest BCUT2D eigenvalue weighted by molar-refractivity contribution is 6.04. The van der Waals surface area contributed by atoms with E-state index in [1.807, 2.05) is 0 Å². The molecule has 3 rings (SSSR count). The maximum absolute atomic E-state index is 12.4. The van der Waals surface area contributed by atoms with Crippen LogP contribution >= 0.6 is 0 Å². The average Bonchev–Trinajstić information content (AvgIpc) is 2.56. The second-order valence-electron chi connectivity index (χ2n) is 5.26. The number of carboxylic acid groups (broad SMARTS) is 1. The van der Waals surface area contributed by atoms with Crippen LogP contribution in [0, 0.1) is 6.92 Å². The second-order valence-corrected chi connectivity index (χ2v) is 5.26. The number of carboxylic acids is 1. The molecule has 1 heterocycles. The molecule has 0 saturated carbocycles. The first-order chi connectivity index (χ1) is 11.5. The Morgan fingerprint density at radius 3 is 2.58 bits per heavy atom. The molecule has 0 fully saturated rings. The third-order valence-corrected chi connectivity index (χ3v) is 3.59. The topological polar surface area (TPSA) is 96.6 Å². The molecule has 0 aliphatic rings. The van der Waals surface area contributed by atoms with Gasteiger partial charge in [0.1, 0.15) is 5.58 Å². The SMILES string of the molecule is Cc1ccc(C(=O)O)cc1NC(=O)c1cc(=O)c2ccccc2o1. The van der Waals surface area contributed by atoms with E-state index >= 15 is 0 Å². The van der Waals surface area contributed by atoms with Crippen LogP contribution < -0.4 is 10.7 Å². The van der Waals surface area contributed by atoms with E-state index in [9.17, 15) is 14.4 Å². The van der Waals surface area contributed by atoms with Gasteiger partial charge in [0.2, 0.25) is 0 Å². The first-order valence-corrected chi connectivity index (χ1v) is 7.14. The highest BCUT2D eigenvalue weighted by atomic mass is 16.4. The molecule has 1 amide bonds. The number of carbonyl (C=O) groups excluding carboxylic acids is 1. The van der Waals surface area contributed by atoms with Crippen LogP contribution in [0.25, 0.3) is 11.0 Å². The molecule has 6 heteroatoms. The zero-order chi connectivity index (χ0) is 17.3. The summed E-state index contributed by atoms with van der Waals surface area (Å²) in [5.74, 6) is -1.86. The van der Waals surface area contributed by atoms with Gasteiger partial charge in [0.25, 0.3) is 5.91 Å². The quantitative estimate of drug-likeness (QED) is 0.772. The van der Waals surface area contributed by atoms with Gasteiger partial charge < -0.3 is 14.8 Å². The van der Waals surface area contributed by atoms with E-state index in [2.05, 4.69) is 5.32 Å². The van der Waals surface area contributed by atoms with Crippen LogP contribution in [0.5, 0.6) is 0 Å². The molecule has 1 aromatic heterocycles. The summed E-state index contributed by atoms with van der Waals surface area (Å²) in [6.07, 6.45) is 0. The Bertz CT molecular complexity index is 1020. The molecule has 120 valence electrons. The third-order valence-electron chi connectivity index (χ3n) is 3.59. The van der Waals surface area contributed by atoms with Crippen LogP contribution in [0.3, 0.4) is 0 Å². The minimum Gasteiger partial charge on any atom is -0.478 e. The molecule has 0 aliphatic heterocycles. The maximum Gasteiger partial charge on any atom is 0.335 e. The Labute approximate surface area is 136 Å². The van der Waals surface area contributed by atoms with Gasteiger partial charge in [0.15, 0.2) is 11.2 Å². The van der Waals surface area contributed by atoms with Crippen LogP contribution in [0.15, 0.2) is 57.7 Å². The van der Waals surface area contributed by atoms with Gasteiger partial charge >= 0.3 is 5.97 Å². The molecule has 6 nitrogen and oxygen atoms in total. The summed E-state index contributed by atoms with van der Waals surface area (Å²) < 4.78 is 5.47. The average molecular weight is 323 g/mol. The van der Waals surface area contributed by atoms with Gasteiger partial charge in [0.05, 0.1) is 10.9 Å². The predicted octanol–water partition coefficient (Wildman–Crippen LogP) is 3.05. The normalized spacial score (nSPS) is 10.5. The number of rotatable bonds is 3. The number of benzene rings is 2. The Morgan fingerprint density at radius 2 is 1.83 bits per heavy atom. The van der Waals surface area contributed by atoms with Crippen molar-refractivity contribution >= 4 is 28.5 Å².